The summed E-state index contributed by atoms with van der Waals surface area (Å²) in [6, 6.07) is 12.5. The molecule has 3 aromatic heterocycles. The smallest absolute Gasteiger partial charge is 0.322 e. The molecule has 6 rings (SSSR count). The average Bonchev–Trinajstić information content (AvgIpc) is 3.31. The van der Waals surface area contributed by atoms with Crippen molar-refractivity contribution >= 4 is 16.9 Å². The zero-order chi connectivity index (χ0) is 24.5. The van der Waals surface area contributed by atoms with E-state index in [0.29, 0.717) is 29.0 Å². The van der Waals surface area contributed by atoms with Crippen LogP contribution in [0.3, 0.4) is 0 Å². The van der Waals surface area contributed by atoms with E-state index in [9.17, 15) is 0 Å². The third-order valence-corrected chi connectivity index (χ3v) is 7.41. The van der Waals surface area contributed by atoms with Crippen molar-refractivity contribution in [1.82, 2.24) is 39.5 Å². The number of para-hydroxylation sites is 1. The molecule has 1 aliphatic carbocycles. The maximum absolute atomic E-state index is 6.34. The molecule has 2 fully saturated rings. The van der Waals surface area contributed by atoms with Crippen LogP contribution in [0.5, 0.6) is 11.8 Å². The molecule has 1 saturated heterocycles. The Balaban J connectivity index is 1.27. The number of ether oxygens (including phenoxy) is 1. The fraction of sp³-hybridized carbons (Fsp3) is 0.423. The number of piperazine rings is 1. The van der Waals surface area contributed by atoms with Crippen molar-refractivity contribution in [3.8, 4) is 23.1 Å². The summed E-state index contributed by atoms with van der Waals surface area (Å²) in [5.74, 6) is 1.07. The molecule has 0 atom stereocenters. The van der Waals surface area contributed by atoms with Crippen molar-refractivity contribution in [2.45, 2.75) is 37.8 Å². The minimum atomic E-state index is 0.254. The zero-order valence-corrected chi connectivity index (χ0v) is 20.5. The first-order chi connectivity index (χ1) is 17.7. The average molecular weight is 486 g/mol. The predicted octanol–water partition coefficient (Wildman–Crippen LogP) is 3.39. The van der Waals surface area contributed by atoms with Gasteiger partial charge in [-0.05, 0) is 50.9 Å². The fourth-order valence-corrected chi connectivity index (χ4v) is 5.40. The molecular formula is C26H31N9O. The number of rotatable bonds is 5. The van der Waals surface area contributed by atoms with Crippen LogP contribution in [0.15, 0.2) is 48.9 Å². The molecule has 0 amide bonds. The summed E-state index contributed by atoms with van der Waals surface area (Å²) in [5.41, 5.74) is 8.38. The molecule has 0 radical (unpaired) electrons. The highest BCUT2D eigenvalue weighted by Crippen LogP contribution is 2.37. The summed E-state index contributed by atoms with van der Waals surface area (Å²) in [4.78, 5) is 22.8. The molecule has 10 nitrogen and oxygen atoms in total. The standard InChI is InChI=1S/C26H31N9O/c1-33-13-15-34(16-14-33)18-7-9-19(10-8-18)35-25-22(24(27)29-17-30-25)23(32-35)21-11-12-28-26(31-21)36-20-5-3-2-4-6-20/h2-6,11-12,17-19H,7-10,13-16H2,1H3,(H2,27,29,30). The largest absolute Gasteiger partial charge is 0.424 e. The second kappa shape index (κ2) is 9.79. The second-order valence-corrected chi connectivity index (χ2v) is 9.69. The Morgan fingerprint density at radius 2 is 1.64 bits per heavy atom. The molecule has 1 saturated carbocycles. The van der Waals surface area contributed by atoms with E-state index in [4.69, 9.17) is 15.6 Å². The van der Waals surface area contributed by atoms with Gasteiger partial charge in [-0.25, -0.2) is 19.6 Å². The molecular weight excluding hydrogens is 454 g/mol. The van der Waals surface area contributed by atoms with Crippen molar-refractivity contribution in [1.29, 1.82) is 0 Å². The van der Waals surface area contributed by atoms with Gasteiger partial charge >= 0.3 is 6.01 Å². The summed E-state index contributed by atoms with van der Waals surface area (Å²) in [5, 5.41) is 5.73. The van der Waals surface area contributed by atoms with Gasteiger partial charge in [0.05, 0.1) is 17.1 Å². The fourth-order valence-electron chi connectivity index (χ4n) is 5.40. The Hall–Kier alpha value is -3.63. The van der Waals surface area contributed by atoms with E-state index >= 15 is 0 Å². The van der Waals surface area contributed by atoms with Crippen LogP contribution in [0.1, 0.15) is 31.7 Å². The summed E-state index contributed by atoms with van der Waals surface area (Å²) < 4.78 is 7.90. The van der Waals surface area contributed by atoms with Crippen molar-refractivity contribution in [2.24, 2.45) is 0 Å². The number of nitrogens with two attached hydrogens (primary N) is 1. The van der Waals surface area contributed by atoms with Crippen LogP contribution in [0.2, 0.25) is 0 Å². The molecule has 0 spiro atoms. The zero-order valence-electron chi connectivity index (χ0n) is 20.5. The van der Waals surface area contributed by atoms with E-state index in [2.05, 4.69) is 36.8 Å². The Labute approximate surface area is 210 Å². The number of aromatic nitrogens is 6. The van der Waals surface area contributed by atoms with Crippen LogP contribution in [0.4, 0.5) is 5.82 Å². The highest BCUT2D eigenvalue weighted by Gasteiger charge is 2.31. The van der Waals surface area contributed by atoms with Crippen molar-refractivity contribution in [3.05, 3.63) is 48.9 Å². The van der Waals surface area contributed by atoms with Gasteiger partial charge in [0.25, 0.3) is 0 Å². The third kappa shape index (κ3) is 4.49. The molecule has 2 aliphatic rings. The summed E-state index contributed by atoms with van der Waals surface area (Å²) in [6.45, 7) is 4.62. The normalized spacial score (nSPS) is 21.6. The number of nitrogen functional groups attached to an aromatic ring is 1. The third-order valence-electron chi connectivity index (χ3n) is 7.41. The number of hydrogen-bond donors (Lipinski definition) is 1. The van der Waals surface area contributed by atoms with Crippen LogP contribution in [0, 0.1) is 0 Å². The van der Waals surface area contributed by atoms with Gasteiger partial charge in [0.15, 0.2) is 5.65 Å². The van der Waals surface area contributed by atoms with Gasteiger partial charge in [0, 0.05) is 38.4 Å². The molecule has 2 N–H and O–H groups in total. The lowest BCUT2D eigenvalue weighted by Crippen LogP contribution is -2.49. The van der Waals surface area contributed by atoms with Gasteiger partial charge in [0.2, 0.25) is 0 Å². The van der Waals surface area contributed by atoms with E-state index in [1.54, 1.807) is 6.20 Å². The molecule has 4 heterocycles. The van der Waals surface area contributed by atoms with Gasteiger partial charge in [-0.1, -0.05) is 18.2 Å². The van der Waals surface area contributed by atoms with E-state index in [-0.39, 0.29) is 12.1 Å². The molecule has 36 heavy (non-hydrogen) atoms. The number of anilines is 1. The Bertz CT molecular complexity index is 1330. The Kier molecular flexibility index (Phi) is 6.20. The van der Waals surface area contributed by atoms with E-state index in [1.165, 1.54) is 6.33 Å². The van der Waals surface area contributed by atoms with E-state index in [1.807, 2.05) is 41.1 Å². The summed E-state index contributed by atoms with van der Waals surface area (Å²) in [6.07, 6.45) is 7.63. The van der Waals surface area contributed by atoms with Gasteiger partial charge in [-0.3, -0.25) is 4.90 Å². The first-order valence-corrected chi connectivity index (χ1v) is 12.6. The molecule has 10 heteroatoms. The Morgan fingerprint density at radius 1 is 0.889 bits per heavy atom. The summed E-state index contributed by atoms with van der Waals surface area (Å²) >= 11 is 0. The minimum Gasteiger partial charge on any atom is -0.424 e. The highest BCUT2D eigenvalue weighted by atomic mass is 16.5. The van der Waals surface area contributed by atoms with Gasteiger partial charge < -0.3 is 15.4 Å². The Morgan fingerprint density at radius 3 is 2.42 bits per heavy atom. The van der Waals surface area contributed by atoms with Gasteiger partial charge in [-0.2, -0.15) is 10.1 Å². The lowest BCUT2D eigenvalue weighted by molar-refractivity contribution is 0.0815. The van der Waals surface area contributed by atoms with Crippen LogP contribution in [-0.2, 0) is 0 Å². The maximum Gasteiger partial charge on any atom is 0.322 e. The number of benzene rings is 1. The number of hydrogen-bond acceptors (Lipinski definition) is 9. The first-order valence-electron chi connectivity index (χ1n) is 12.6. The van der Waals surface area contributed by atoms with Crippen LogP contribution < -0.4 is 10.5 Å². The molecule has 0 bridgehead atoms. The molecule has 4 aromatic rings. The quantitative estimate of drug-likeness (QED) is 0.455. The highest BCUT2D eigenvalue weighted by molar-refractivity contribution is 5.97. The maximum atomic E-state index is 6.34. The van der Waals surface area contributed by atoms with Crippen LogP contribution >= 0.6 is 0 Å². The SMILES string of the molecule is CN1CCN(C2CCC(n3nc(-c4ccnc(Oc5ccccc5)n4)c4c(N)ncnc43)CC2)CC1. The van der Waals surface area contributed by atoms with E-state index < -0.39 is 0 Å². The van der Waals surface area contributed by atoms with Crippen molar-refractivity contribution in [3.63, 3.8) is 0 Å². The minimum absolute atomic E-state index is 0.254. The molecule has 186 valence electrons. The number of likely N-dealkylation sites (N-methyl/N-ethyl adjacent to an activating group) is 1. The monoisotopic (exact) mass is 485 g/mol. The predicted molar refractivity (Wildman–Crippen MR) is 138 cm³/mol. The van der Waals surface area contributed by atoms with Crippen molar-refractivity contribution in [2.75, 3.05) is 39.0 Å². The first kappa shape index (κ1) is 22.8. The molecule has 1 aromatic carbocycles. The lowest BCUT2D eigenvalue weighted by atomic mass is 9.90. The number of nitrogens with zero attached hydrogens (tertiary/aromatic N) is 8. The second-order valence-electron chi connectivity index (χ2n) is 9.69. The van der Waals surface area contributed by atoms with Crippen LogP contribution in [-0.4, -0.2) is 78.8 Å². The van der Waals surface area contributed by atoms with Gasteiger partial charge in [-0.15, -0.1) is 0 Å². The molecule has 1 aliphatic heterocycles. The summed E-state index contributed by atoms with van der Waals surface area (Å²) in [7, 11) is 2.20. The molecule has 0 unspecified atom stereocenters. The topological polar surface area (TPSA) is 111 Å². The van der Waals surface area contributed by atoms with Crippen LogP contribution in [0.25, 0.3) is 22.4 Å². The number of fused-ring (bicyclic) bond motifs is 1. The lowest BCUT2D eigenvalue weighted by Gasteiger charge is -2.41. The van der Waals surface area contributed by atoms with Gasteiger partial charge in [0.1, 0.15) is 23.6 Å². The van der Waals surface area contributed by atoms with E-state index in [0.717, 1.165) is 62.9 Å². The van der Waals surface area contributed by atoms with Crippen molar-refractivity contribution < 1.29 is 4.74 Å².